The van der Waals surface area contributed by atoms with Crippen molar-refractivity contribution in [2.75, 3.05) is 13.2 Å². The van der Waals surface area contributed by atoms with Crippen LogP contribution in [0.3, 0.4) is 0 Å². The van der Waals surface area contributed by atoms with Crippen LogP contribution in [0.5, 0.6) is 0 Å². The van der Waals surface area contributed by atoms with Crippen molar-refractivity contribution in [2.24, 2.45) is 0 Å². The third-order valence-corrected chi connectivity index (χ3v) is 6.64. The number of aliphatic carboxylic acids is 1. The van der Waals surface area contributed by atoms with Gasteiger partial charge in [0.05, 0.1) is 4.92 Å². The molecule has 4 rings (SSSR count). The van der Waals surface area contributed by atoms with E-state index in [1.165, 1.54) is 24.3 Å². The molecule has 0 radical (unpaired) electrons. The molecule has 0 spiro atoms. The van der Waals surface area contributed by atoms with Gasteiger partial charge in [0, 0.05) is 24.6 Å². The summed E-state index contributed by atoms with van der Waals surface area (Å²) in [6, 6.07) is 20.4. The fourth-order valence-corrected chi connectivity index (χ4v) is 4.62. The van der Waals surface area contributed by atoms with Gasteiger partial charge in [0.15, 0.2) is 0 Å². The van der Waals surface area contributed by atoms with Crippen LogP contribution < -0.4 is 10.6 Å². The van der Waals surface area contributed by atoms with Gasteiger partial charge in [-0.05, 0) is 59.2 Å². The minimum atomic E-state index is -1.18. The van der Waals surface area contributed by atoms with Gasteiger partial charge in [-0.3, -0.25) is 10.1 Å². The van der Waals surface area contributed by atoms with Crippen LogP contribution in [0.4, 0.5) is 15.3 Å². The number of benzene rings is 3. The molecule has 1 atom stereocenters. The van der Waals surface area contributed by atoms with Gasteiger partial charge in [0.2, 0.25) is 0 Å². The Morgan fingerprint density at radius 1 is 0.875 bits per heavy atom. The largest absolute Gasteiger partial charge is 0.480 e. The van der Waals surface area contributed by atoms with E-state index >= 15 is 0 Å². The van der Waals surface area contributed by atoms with E-state index in [2.05, 4.69) is 10.6 Å². The first kappa shape index (κ1) is 28.1. The minimum absolute atomic E-state index is 0.0467. The van der Waals surface area contributed by atoms with Crippen molar-refractivity contribution in [1.82, 2.24) is 10.6 Å². The standard InChI is InChI=1S/C29H29N3O8/c33-27(34)26(11-5-6-16-30-28(35)39-17-19-12-14-20(15-13-19)32(37)38)31-29(36)40-18-25-23-9-3-1-7-21(23)22-8-2-4-10-24(22)25/h1-4,7-10,12-15,25-26H,5-6,11,16-18H2,(H,30,35)(H,31,36)(H,33,34)/t26-/m0/s1. The lowest BCUT2D eigenvalue weighted by Crippen LogP contribution is -2.41. The van der Waals surface area contributed by atoms with Crippen molar-refractivity contribution in [3.63, 3.8) is 0 Å². The van der Waals surface area contributed by atoms with Crippen LogP contribution >= 0.6 is 0 Å². The average Bonchev–Trinajstić information content (AvgIpc) is 3.28. The number of nitro groups is 1. The third-order valence-electron chi connectivity index (χ3n) is 6.64. The molecule has 3 aromatic carbocycles. The molecule has 1 aliphatic rings. The molecule has 40 heavy (non-hydrogen) atoms. The number of amides is 2. The number of alkyl carbamates (subject to hydrolysis) is 2. The second kappa shape index (κ2) is 13.2. The predicted octanol–water partition coefficient (Wildman–Crippen LogP) is 4.98. The monoisotopic (exact) mass is 547 g/mol. The molecule has 11 heteroatoms. The summed E-state index contributed by atoms with van der Waals surface area (Å²) < 4.78 is 10.5. The zero-order chi connectivity index (χ0) is 28.5. The molecule has 0 aliphatic heterocycles. The SMILES string of the molecule is O=C(NCCCC[C@H](NC(=O)OCC1c2ccccc2-c2ccccc21)C(=O)O)OCc1ccc([N+](=O)[O-])cc1. The number of carbonyl (C=O) groups is 3. The van der Waals surface area contributed by atoms with Crippen molar-refractivity contribution < 1.29 is 33.9 Å². The molecule has 11 nitrogen and oxygen atoms in total. The topological polar surface area (TPSA) is 157 Å². The van der Waals surface area contributed by atoms with Crippen molar-refractivity contribution >= 4 is 23.8 Å². The number of nitrogens with zero attached hydrogens (tertiary/aromatic N) is 1. The number of ether oxygens (including phenoxy) is 2. The Morgan fingerprint density at radius 3 is 2.10 bits per heavy atom. The van der Waals surface area contributed by atoms with Crippen LogP contribution in [-0.4, -0.2) is 47.4 Å². The van der Waals surface area contributed by atoms with Crippen LogP contribution in [0.2, 0.25) is 0 Å². The first-order valence-corrected chi connectivity index (χ1v) is 12.8. The normalized spacial score (nSPS) is 12.5. The number of non-ortho nitro benzene ring substituents is 1. The van der Waals surface area contributed by atoms with Gasteiger partial charge in [0.1, 0.15) is 19.3 Å². The summed E-state index contributed by atoms with van der Waals surface area (Å²) in [6.07, 6.45) is -0.433. The molecule has 1 aliphatic carbocycles. The van der Waals surface area contributed by atoms with E-state index in [9.17, 15) is 29.6 Å². The lowest BCUT2D eigenvalue weighted by Gasteiger charge is -2.17. The Morgan fingerprint density at radius 2 is 1.50 bits per heavy atom. The third kappa shape index (κ3) is 7.13. The maximum absolute atomic E-state index is 12.5. The van der Waals surface area contributed by atoms with Gasteiger partial charge < -0.3 is 25.2 Å². The number of nitrogens with one attached hydrogen (secondary N) is 2. The molecule has 208 valence electrons. The fourth-order valence-electron chi connectivity index (χ4n) is 4.62. The summed E-state index contributed by atoms with van der Waals surface area (Å²) in [7, 11) is 0. The van der Waals surface area contributed by atoms with Crippen LogP contribution in [-0.2, 0) is 20.9 Å². The molecule has 0 saturated carbocycles. The molecular weight excluding hydrogens is 518 g/mol. The fraction of sp³-hybridized carbons (Fsp3) is 0.276. The molecule has 0 bridgehead atoms. The maximum Gasteiger partial charge on any atom is 0.407 e. The predicted molar refractivity (Wildman–Crippen MR) is 145 cm³/mol. The highest BCUT2D eigenvalue weighted by molar-refractivity contribution is 5.81. The number of carboxylic acid groups (broad SMARTS) is 1. The number of carboxylic acids is 1. The number of hydrogen-bond donors (Lipinski definition) is 3. The van der Waals surface area contributed by atoms with Gasteiger partial charge in [0.25, 0.3) is 5.69 Å². The lowest BCUT2D eigenvalue weighted by molar-refractivity contribution is -0.384. The number of fused-ring (bicyclic) bond motifs is 3. The van der Waals surface area contributed by atoms with Crippen molar-refractivity contribution in [1.29, 1.82) is 0 Å². The summed E-state index contributed by atoms with van der Waals surface area (Å²) in [6.45, 7) is 0.281. The van der Waals surface area contributed by atoms with Crippen LogP contribution in [0, 0.1) is 10.1 Å². The number of rotatable bonds is 12. The van der Waals surface area contributed by atoms with Crippen molar-refractivity contribution in [3.8, 4) is 11.1 Å². The second-order valence-corrected chi connectivity index (χ2v) is 9.28. The van der Waals surface area contributed by atoms with Gasteiger partial charge in [-0.25, -0.2) is 14.4 Å². The summed E-state index contributed by atoms with van der Waals surface area (Å²) >= 11 is 0. The first-order chi connectivity index (χ1) is 19.3. The molecule has 0 heterocycles. The quantitative estimate of drug-likeness (QED) is 0.163. The molecule has 0 fully saturated rings. The summed E-state index contributed by atoms with van der Waals surface area (Å²) in [4.78, 5) is 46.2. The summed E-state index contributed by atoms with van der Waals surface area (Å²) in [5, 5.41) is 25.2. The van der Waals surface area contributed by atoms with Gasteiger partial charge in [-0.2, -0.15) is 0 Å². The highest BCUT2D eigenvalue weighted by Gasteiger charge is 2.29. The molecule has 0 unspecified atom stereocenters. The van der Waals surface area contributed by atoms with Crippen LogP contribution in [0.1, 0.15) is 41.9 Å². The number of nitro benzene ring substituents is 1. The van der Waals surface area contributed by atoms with Crippen LogP contribution in [0.15, 0.2) is 72.8 Å². The highest BCUT2D eigenvalue weighted by atomic mass is 16.6. The maximum atomic E-state index is 12.5. The van der Waals surface area contributed by atoms with Gasteiger partial charge in [-0.1, -0.05) is 48.5 Å². The van der Waals surface area contributed by atoms with Crippen molar-refractivity contribution in [3.05, 3.63) is 99.6 Å². The lowest BCUT2D eigenvalue weighted by atomic mass is 9.98. The van der Waals surface area contributed by atoms with Crippen LogP contribution in [0.25, 0.3) is 11.1 Å². The number of carbonyl (C=O) groups excluding carboxylic acids is 2. The molecule has 3 aromatic rings. The Balaban J connectivity index is 1.16. The zero-order valence-corrected chi connectivity index (χ0v) is 21.6. The molecule has 2 amide bonds. The molecule has 0 aromatic heterocycles. The van der Waals surface area contributed by atoms with E-state index in [1.807, 2.05) is 48.5 Å². The van der Waals surface area contributed by atoms with E-state index in [4.69, 9.17) is 9.47 Å². The minimum Gasteiger partial charge on any atom is -0.480 e. The smallest absolute Gasteiger partial charge is 0.407 e. The average molecular weight is 548 g/mol. The molecular formula is C29H29N3O8. The van der Waals surface area contributed by atoms with E-state index < -0.39 is 29.1 Å². The van der Waals surface area contributed by atoms with Crippen molar-refractivity contribution in [2.45, 2.75) is 37.8 Å². The Kier molecular flexibility index (Phi) is 9.29. The molecule has 0 saturated heterocycles. The van der Waals surface area contributed by atoms with E-state index in [1.54, 1.807) is 0 Å². The Bertz CT molecular complexity index is 1330. The van der Waals surface area contributed by atoms with E-state index in [0.717, 1.165) is 22.3 Å². The zero-order valence-electron chi connectivity index (χ0n) is 21.6. The molecule has 3 N–H and O–H groups in total. The van der Waals surface area contributed by atoms with Gasteiger partial charge >= 0.3 is 18.2 Å². The van der Waals surface area contributed by atoms with E-state index in [-0.39, 0.29) is 37.8 Å². The number of hydrogen-bond acceptors (Lipinski definition) is 7. The highest BCUT2D eigenvalue weighted by Crippen LogP contribution is 2.44. The summed E-state index contributed by atoms with van der Waals surface area (Å²) in [5.41, 5.74) is 4.86. The second-order valence-electron chi connectivity index (χ2n) is 9.28. The first-order valence-electron chi connectivity index (χ1n) is 12.8. The van der Waals surface area contributed by atoms with E-state index in [0.29, 0.717) is 18.4 Å². The Labute approximate surface area is 230 Å². The number of unbranched alkanes of at least 4 members (excludes halogenated alkanes) is 1. The van der Waals surface area contributed by atoms with Gasteiger partial charge in [-0.15, -0.1) is 0 Å². The summed E-state index contributed by atoms with van der Waals surface area (Å²) in [5.74, 6) is -1.31. The Hall–Kier alpha value is -4.93.